The van der Waals surface area contributed by atoms with E-state index < -0.39 is 6.09 Å². The number of carbonyl (C=O) groups is 1. The number of hydrogen-bond acceptors (Lipinski definition) is 4. The molecule has 0 saturated heterocycles. The number of amides is 1. The molecule has 0 radical (unpaired) electrons. The molecule has 2 rings (SSSR count). The molecule has 140 valence electrons. The summed E-state index contributed by atoms with van der Waals surface area (Å²) < 4.78 is 11.0. The molecule has 0 aromatic heterocycles. The summed E-state index contributed by atoms with van der Waals surface area (Å²) in [6.07, 6.45) is -0.488. The van der Waals surface area contributed by atoms with Gasteiger partial charge in [0.15, 0.2) is 11.5 Å². The lowest BCUT2D eigenvalue weighted by atomic mass is 9.87. The minimum Gasteiger partial charge on any atom is -0.487 e. The molecule has 0 saturated carbocycles. The van der Waals surface area contributed by atoms with Crippen LogP contribution in [0.4, 0.5) is 4.79 Å². The highest BCUT2D eigenvalue weighted by Crippen LogP contribution is 2.28. The molecule has 0 heterocycles. The van der Waals surface area contributed by atoms with Crippen molar-refractivity contribution in [2.45, 2.75) is 51.0 Å². The number of para-hydroxylation sites is 2. The highest BCUT2D eigenvalue weighted by molar-refractivity contribution is 7.99. The van der Waals surface area contributed by atoms with Crippen molar-refractivity contribution in [1.82, 2.24) is 5.32 Å². The van der Waals surface area contributed by atoms with E-state index in [1.54, 1.807) is 30.0 Å². The highest BCUT2D eigenvalue weighted by atomic mass is 32.2. The van der Waals surface area contributed by atoms with Crippen LogP contribution in [0.5, 0.6) is 11.5 Å². The lowest BCUT2D eigenvalue weighted by Crippen LogP contribution is -2.26. The fourth-order valence-corrected chi connectivity index (χ4v) is 2.94. The fourth-order valence-electron chi connectivity index (χ4n) is 2.25. The molecule has 2 aromatic carbocycles. The van der Waals surface area contributed by atoms with Gasteiger partial charge in [-0.05, 0) is 49.1 Å². The second-order valence-electron chi connectivity index (χ2n) is 7.24. The summed E-state index contributed by atoms with van der Waals surface area (Å²) in [4.78, 5) is 13.1. The van der Waals surface area contributed by atoms with Crippen LogP contribution in [0, 0.1) is 0 Å². The first-order valence-electron chi connectivity index (χ1n) is 8.70. The van der Waals surface area contributed by atoms with Crippen LogP contribution in [-0.4, -0.2) is 18.1 Å². The van der Waals surface area contributed by atoms with Gasteiger partial charge in [-0.25, -0.2) is 4.79 Å². The number of nitrogens with one attached hydrogen (secondary N) is 1. The number of hydrogen-bond donors (Lipinski definition) is 1. The molecule has 0 aliphatic heterocycles. The van der Waals surface area contributed by atoms with Crippen molar-refractivity contribution in [3.05, 3.63) is 54.1 Å². The molecule has 1 N–H and O–H groups in total. The number of carbonyl (C=O) groups excluding carboxylic acids is 1. The normalized spacial score (nSPS) is 11.3. The van der Waals surface area contributed by atoms with Crippen molar-refractivity contribution < 1.29 is 14.3 Å². The molecule has 0 fully saturated rings. The van der Waals surface area contributed by atoms with Crippen LogP contribution in [0.1, 0.15) is 40.2 Å². The molecule has 4 nitrogen and oxygen atoms in total. The van der Waals surface area contributed by atoms with Crippen molar-refractivity contribution >= 4 is 17.9 Å². The summed E-state index contributed by atoms with van der Waals surface area (Å²) in [5.74, 6) is 1.40. The van der Waals surface area contributed by atoms with Gasteiger partial charge in [0.2, 0.25) is 0 Å². The number of thioether (sulfide) groups is 1. The first-order valence-corrected chi connectivity index (χ1v) is 9.69. The zero-order valence-electron chi connectivity index (χ0n) is 16.0. The van der Waals surface area contributed by atoms with Gasteiger partial charge >= 0.3 is 6.09 Å². The van der Waals surface area contributed by atoms with Gasteiger partial charge in [0, 0.05) is 4.90 Å². The molecule has 0 aliphatic carbocycles. The average Bonchev–Trinajstić information content (AvgIpc) is 2.56. The van der Waals surface area contributed by atoms with Crippen LogP contribution in [-0.2, 0) is 5.41 Å². The molecule has 2 aromatic rings. The zero-order valence-corrected chi connectivity index (χ0v) is 16.9. The summed E-state index contributed by atoms with van der Waals surface area (Å²) in [5.41, 5.74) is 1.42. The maximum absolute atomic E-state index is 12.0. The predicted molar refractivity (Wildman–Crippen MR) is 107 cm³/mol. The summed E-state index contributed by atoms with van der Waals surface area (Å²) >= 11 is 1.55. The molecular formula is C21H27NO3S. The van der Waals surface area contributed by atoms with Gasteiger partial charge in [-0.3, -0.25) is 0 Å². The van der Waals surface area contributed by atoms with Crippen molar-refractivity contribution in [3.8, 4) is 11.5 Å². The lowest BCUT2D eigenvalue weighted by molar-refractivity contribution is 0.193. The molecule has 0 bridgehead atoms. The molecular weight excluding hydrogens is 346 g/mol. The minimum atomic E-state index is -0.497. The van der Waals surface area contributed by atoms with Gasteiger partial charge < -0.3 is 14.8 Å². The van der Waals surface area contributed by atoms with E-state index in [-0.39, 0.29) is 11.5 Å². The van der Waals surface area contributed by atoms with Crippen molar-refractivity contribution in [2.24, 2.45) is 0 Å². The van der Waals surface area contributed by atoms with Crippen LogP contribution in [0.3, 0.4) is 0 Å². The Kier molecular flexibility index (Phi) is 6.98. The molecule has 5 heteroatoms. The van der Waals surface area contributed by atoms with Gasteiger partial charge in [0.25, 0.3) is 0 Å². The SMILES string of the molecule is CC(C)Oc1ccccc1OC(=O)NCSc1ccc(C(C)(C)C)cc1. The third kappa shape index (κ3) is 6.30. The maximum atomic E-state index is 12.0. The molecule has 1 amide bonds. The number of rotatable bonds is 6. The minimum absolute atomic E-state index is 0.00874. The summed E-state index contributed by atoms with van der Waals surface area (Å²) in [6, 6.07) is 15.6. The Hall–Kier alpha value is -2.14. The second kappa shape index (κ2) is 8.99. The van der Waals surface area contributed by atoms with E-state index in [2.05, 4.69) is 50.4 Å². The summed E-state index contributed by atoms with van der Waals surface area (Å²) in [5, 5.41) is 2.75. The van der Waals surface area contributed by atoms with E-state index in [0.29, 0.717) is 17.4 Å². The zero-order chi connectivity index (χ0) is 19.2. The summed E-state index contributed by atoms with van der Waals surface area (Å²) in [7, 11) is 0. The topological polar surface area (TPSA) is 47.6 Å². The highest BCUT2D eigenvalue weighted by Gasteiger charge is 2.13. The van der Waals surface area contributed by atoms with Gasteiger partial charge in [-0.1, -0.05) is 45.0 Å². The first-order chi connectivity index (χ1) is 12.3. The average molecular weight is 374 g/mol. The van der Waals surface area contributed by atoms with Gasteiger partial charge in [-0.15, -0.1) is 11.8 Å². The Bertz CT molecular complexity index is 721. The number of benzene rings is 2. The Morgan fingerprint density at radius 1 is 1.04 bits per heavy atom. The smallest absolute Gasteiger partial charge is 0.413 e. The van der Waals surface area contributed by atoms with Crippen molar-refractivity contribution in [1.29, 1.82) is 0 Å². The van der Waals surface area contributed by atoms with E-state index in [9.17, 15) is 4.79 Å². The Balaban J connectivity index is 1.84. The second-order valence-corrected chi connectivity index (χ2v) is 8.29. The van der Waals surface area contributed by atoms with Crippen LogP contribution in [0.15, 0.2) is 53.4 Å². The van der Waals surface area contributed by atoms with Gasteiger partial charge in [0.1, 0.15) is 0 Å². The molecule has 26 heavy (non-hydrogen) atoms. The Morgan fingerprint density at radius 2 is 1.65 bits per heavy atom. The Labute approximate surface area is 160 Å². The van der Waals surface area contributed by atoms with E-state index in [1.165, 1.54) is 5.56 Å². The van der Waals surface area contributed by atoms with E-state index in [0.717, 1.165) is 4.90 Å². The van der Waals surface area contributed by atoms with Crippen molar-refractivity contribution in [2.75, 3.05) is 5.88 Å². The lowest BCUT2D eigenvalue weighted by Gasteiger charge is -2.19. The quantitative estimate of drug-likeness (QED) is 0.528. The van der Waals surface area contributed by atoms with E-state index in [4.69, 9.17) is 9.47 Å². The molecule has 0 aliphatic rings. The largest absolute Gasteiger partial charge is 0.487 e. The van der Waals surface area contributed by atoms with Crippen molar-refractivity contribution in [3.63, 3.8) is 0 Å². The van der Waals surface area contributed by atoms with Gasteiger partial charge in [0.05, 0.1) is 12.0 Å². The molecule has 0 unspecified atom stereocenters. The van der Waals surface area contributed by atoms with Crippen LogP contribution < -0.4 is 14.8 Å². The predicted octanol–water partition coefficient (Wildman–Crippen LogP) is 5.61. The molecule has 0 atom stereocenters. The summed E-state index contributed by atoms with van der Waals surface area (Å²) in [6.45, 7) is 10.4. The fraction of sp³-hybridized carbons (Fsp3) is 0.381. The molecule has 0 spiro atoms. The number of ether oxygens (including phenoxy) is 2. The van der Waals surface area contributed by atoms with Gasteiger partial charge in [-0.2, -0.15) is 0 Å². The Morgan fingerprint density at radius 3 is 2.23 bits per heavy atom. The maximum Gasteiger partial charge on any atom is 0.413 e. The van der Waals surface area contributed by atoms with Crippen LogP contribution in [0.25, 0.3) is 0 Å². The third-order valence-electron chi connectivity index (χ3n) is 3.59. The van der Waals surface area contributed by atoms with Crippen LogP contribution >= 0.6 is 11.8 Å². The first kappa shape index (κ1) is 20.2. The van der Waals surface area contributed by atoms with Crippen LogP contribution in [0.2, 0.25) is 0 Å². The van der Waals surface area contributed by atoms with E-state index in [1.807, 2.05) is 19.9 Å². The monoisotopic (exact) mass is 373 g/mol. The van der Waals surface area contributed by atoms with E-state index >= 15 is 0 Å². The standard InChI is InChI=1S/C21H27NO3S/c1-15(2)24-18-8-6-7-9-19(18)25-20(23)22-14-26-17-12-10-16(11-13-17)21(3,4)5/h6-13,15H,14H2,1-5H3,(H,22,23). The third-order valence-corrected chi connectivity index (χ3v) is 4.48.